The highest BCUT2D eigenvalue weighted by atomic mass is 16.6. The predicted molar refractivity (Wildman–Crippen MR) is 224 cm³/mol. The number of ether oxygens (including phenoxy) is 2. The van der Waals surface area contributed by atoms with Crippen molar-refractivity contribution in [2.24, 2.45) is 0 Å². The third kappa shape index (κ3) is 10.7. The minimum Gasteiger partial charge on any atom is -0.459 e. The number of nitrogens with zero attached hydrogens (tertiary/aromatic N) is 2. The molecule has 0 aliphatic carbocycles. The van der Waals surface area contributed by atoms with Crippen LogP contribution in [0.2, 0.25) is 0 Å². The van der Waals surface area contributed by atoms with E-state index in [1.807, 2.05) is 133 Å². The number of alkyl carbamates (subject to hydrolysis) is 1. The van der Waals surface area contributed by atoms with Crippen LogP contribution >= 0.6 is 0 Å². The van der Waals surface area contributed by atoms with E-state index >= 15 is 4.79 Å². The lowest BCUT2D eigenvalue weighted by molar-refractivity contribution is -0.159. The zero-order valence-corrected chi connectivity index (χ0v) is 33.4. The van der Waals surface area contributed by atoms with E-state index in [1.54, 1.807) is 45.0 Å². The first-order valence-corrected chi connectivity index (χ1v) is 19.4. The Morgan fingerprint density at radius 3 is 1.86 bits per heavy atom. The quantitative estimate of drug-likeness (QED) is 0.116. The van der Waals surface area contributed by atoms with E-state index in [0.717, 1.165) is 16.7 Å². The van der Waals surface area contributed by atoms with Gasteiger partial charge in [0.15, 0.2) is 5.54 Å². The lowest BCUT2D eigenvalue weighted by atomic mass is 9.70. The third-order valence-electron chi connectivity index (χ3n) is 9.67. The molecule has 0 aromatic heterocycles. The molecule has 0 saturated heterocycles. The van der Waals surface area contributed by atoms with Crippen molar-refractivity contribution in [2.75, 3.05) is 19.6 Å². The summed E-state index contributed by atoms with van der Waals surface area (Å²) in [7, 11) is 0. The Hall–Kier alpha value is -7.01. The molecule has 11 nitrogen and oxygen atoms in total. The summed E-state index contributed by atoms with van der Waals surface area (Å²) in [6.45, 7) is 3.95. The Bertz CT molecular complexity index is 2250. The van der Waals surface area contributed by atoms with Crippen molar-refractivity contribution in [3.63, 3.8) is 0 Å². The van der Waals surface area contributed by atoms with Gasteiger partial charge in [0.1, 0.15) is 25.3 Å². The first kappa shape index (κ1) is 41.6. The van der Waals surface area contributed by atoms with E-state index in [2.05, 4.69) is 10.6 Å². The predicted octanol–water partition coefficient (Wildman–Crippen LogP) is 6.96. The molecule has 302 valence electrons. The summed E-state index contributed by atoms with van der Waals surface area (Å²) in [4.78, 5) is 73.1. The van der Waals surface area contributed by atoms with Gasteiger partial charge < -0.3 is 25.0 Å². The normalized spacial score (nSPS) is 16.3. The van der Waals surface area contributed by atoms with Crippen molar-refractivity contribution in [3.8, 4) is 0 Å². The molecule has 4 amide bonds. The summed E-state index contributed by atoms with van der Waals surface area (Å²) in [5.74, 6) is -3.18. The largest absolute Gasteiger partial charge is 0.459 e. The second-order valence-corrected chi connectivity index (χ2v) is 15.2. The van der Waals surface area contributed by atoms with Crippen molar-refractivity contribution >= 4 is 35.5 Å². The molecule has 0 spiro atoms. The van der Waals surface area contributed by atoms with Crippen molar-refractivity contribution in [2.45, 2.75) is 51.0 Å². The summed E-state index contributed by atoms with van der Waals surface area (Å²) in [5, 5.41) is 5.62. The molecular weight excluding hydrogens is 745 g/mol. The van der Waals surface area contributed by atoms with Crippen molar-refractivity contribution in [3.05, 3.63) is 186 Å². The van der Waals surface area contributed by atoms with Gasteiger partial charge in [-0.2, -0.15) is 0 Å². The SMILES string of the molecule is CC(C)(C)OC(=O)CN1C(=O)[C@@](NC(=O)CN(Cc2ccccc2)C(=O)CNC(=O)OCc2ccccc2)(c2ccccc2)[C@H](c2ccccc2)C=C1c1ccccc1. The topological polar surface area (TPSA) is 134 Å². The van der Waals surface area contributed by atoms with E-state index in [-0.39, 0.29) is 13.2 Å². The van der Waals surface area contributed by atoms with Crippen LogP contribution < -0.4 is 10.6 Å². The van der Waals surface area contributed by atoms with E-state index in [9.17, 15) is 19.2 Å². The molecule has 5 aromatic rings. The second-order valence-electron chi connectivity index (χ2n) is 15.2. The molecule has 1 aliphatic heterocycles. The Balaban J connectivity index is 1.37. The molecule has 0 saturated carbocycles. The van der Waals surface area contributed by atoms with Crippen LogP contribution in [0.5, 0.6) is 0 Å². The van der Waals surface area contributed by atoms with Crippen LogP contribution in [0.3, 0.4) is 0 Å². The monoisotopic (exact) mass is 792 g/mol. The summed E-state index contributed by atoms with van der Waals surface area (Å²) in [5.41, 5.74) is 1.25. The fourth-order valence-electron chi connectivity index (χ4n) is 7.07. The Labute approximate surface area is 344 Å². The van der Waals surface area contributed by atoms with Gasteiger partial charge in [0.2, 0.25) is 11.8 Å². The van der Waals surface area contributed by atoms with E-state index in [1.165, 1.54) is 9.80 Å². The van der Waals surface area contributed by atoms with Gasteiger partial charge in [-0.1, -0.05) is 152 Å². The minimum absolute atomic E-state index is 0.0144. The lowest BCUT2D eigenvalue weighted by Gasteiger charge is -2.47. The number of benzene rings is 5. The summed E-state index contributed by atoms with van der Waals surface area (Å²) >= 11 is 0. The fourth-order valence-corrected chi connectivity index (χ4v) is 7.07. The fraction of sp³-hybridized carbons (Fsp3) is 0.229. The number of hydrogen-bond acceptors (Lipinski definition) is 7. The van der Waals surface area contributed by atoms with Gasteiger partial charge in [-0.25, -0.2) is 4.79 Å². The van der Waals surface area contributed by atoms with Gasteiger partial charge >= 0.3 is 12.1 Å². The van der Waals surface area contributed by atoms with Crippen LogP contribution in [0.25, 0.3) is 5.70 Å². The van der Waals surface area contributed by atoms with E-state index in [4.69, 9.17) is 9.47 Å². The molecule has 0 unspecified atom stereocenters. The summed E-state index contributed by atoms with van der Waals surface area (Å²) in [6.07, 6.45) is 1.11. The average Bonchev–Trinajstić information content (AvgIpc) is 3.24. The molecule has 0 fully saturated rings. The molecule has 11 heteroatoms. The zero-order valence-electron chi connectivity index (χ0n) is 33.4. The molecule has 2 N–H and O–H groups in total. The van der Waals surface area contributed by atoms with E-state index in [0.29, 0.717) is 16.8 Å². The van der Waals surface area contributed by atoms with Crippen LogP contribution in [0.15, 0.2) is 158 Å². The average molecular weight is 793 g/mol. The highest BCUT2D eigenvalue weighted by Crippen LogP contribution is 2.46. The van der Waals surface area contributed by atoms with Crippen molar-refractivity contribution < 1.29 is 33.4 Å². The van der Waals surface area contributed by atoms with Gasteiger partial charge in [-0.15, -0.1) is 0 Å². The van der Waals surface area contributed by atoms with Crippen LogP contribution in [-0.4, -0.2) is 64.8 Å². The lowest BCUT2D eigenvalue weighted by Crippen LogP contribution is -2.63. The van der Waals surface area contributed by atoms with Crippen molar-refractivity contribution in [1.29, 1.82) is 0 Å². The van der Waals surface area contributed by atoms with Crippen molar-refractivity contribution in [1.82, 2.24) is 20.4 Å². The first-order chi connectivity index (χ1) is 28.4. The molecule has 0 bridgehead atoms. The van der Waals surface area contributed by atoms with Gasteiger partial charge in [0.25, 0.3) is 5.91 Å². The Morgan fingerprint density at radius 1 is 0.729 bits per heavy atom. The number of nitrogens with one attached hydrogen (secondary N) is 2. The van der Waals surface area contributed by atoms with Gasteiger partial charge in [-0.05, 0) is 54.7 Å². The number of carbonyl (C=O) groups is 5. The Kier molecular flexibility index (Phi) is 13.4. The molecule has 5 aromatic carbocycles. The molecule has 2 atom stereocenters. The maximum atomic E-state index is 15.6. The smallest absolute Gasteiger partial charge is 0.407 e. The van der Waals surface area contributed by atoms with Gasteiger partial charge in [0, 0.05) is 18.2 Å². The summed E-state index contributed by atoms with van der Waals surface area (Å²) < 4.78 is 11.0. The van der Waals surface area contributed by atoms with Gasteiger partial charge in [-0.3, -0.25) is 24.1 Å². The highest BCUT2D eigenvalue weighted by Gasteiger charge is 2.54. The molecule has 6 rings (SSSR count). The standard InChI is InChI=1S/C48H48N4O7/c1-47(2,3)59-44(55)33-52-41(38-25-15-7-16-26-38)29-40(37-23-13-6-14-24-37)48(45(52)56,39-27-17-8-18-28-39)50-42(53)32-51(31-35-19-9-4-10-20-35)43(54)30-49-46(57)58-34-36-21-11-5-12-22-36/h4-29,40H,30-34H2,1-3H3,(H,49,57)(H,50,53)/t40-,48+/m0/s1. The molecule has 1 heterocycles. The third-order valence-corrected chi connectivity index (χ3v) is 9.67. The van der Waals surface area contributed by atoms with Crippen LogP contribution in [-0.2, 0) is 47.3 Å². The van der Waals surface area contributed by atoms with Gasteiger partial charge in [0.05, 0.1) is 6.54 Å². The maximum Gasteiger partial charge on any atom is 0.407 e. The highest BCUT2D eigenvalue weighted by molar-refractivity contribution is 6.03. The zero-order chi connectivity index (χ0) is 41.8. The van der Waals surface area contributed by atoms with Crippen LogP contribution in [0, 0.1) is 0 Å². The molecule has 0 radical (unpaired) electrons. The maximum absolute atomic E-state index is 15.6. The van der Waals surface area contributed by atoms with Crippen LogP contribution in [0.1, 0.15) is 54.5 Å². The Morgan fingerprint density at radius 2 is 1.27 bits per heavy atom. The first-order valence-electron chi connectivity index (χ1n) is 19.4. The molecule has 1 aliphatic rings. The second kappa shape index (κ2) is 19.0. The number of esters is 1. The van der Waals surface area contributed by atoms with Crippen LogP contribution in [0.4, 0.5) is 4.79 Å². The molecule has 59 heavy (non-hydrogen) atoms. The molecular formula is C48H48N4O7. The number of rotatable bonds is 14. The van der Waals surface area contributed by atoms with E-state index < -0.39 is 66.5 Å². The number of amides is 4. The minimum atomic E-state index is -1.80. The number of carbonyl (C=O) groups excluding carboxylic acids is 5. The number of hydrogen-bond donors (Lipinski definition) is 2. The summed E-state index contributed by atoms with van der Waals surface area (Å²) in [6, 6.07) is 45.8.